The number of aliphatic hydroxyl groups is 1. The maximum absolute atomic E-state index is 7.40. The molecule has 0 saturated heterocycles. The average Bonchev–Trinajstić information content (AvgIpc) is 3.01. The number of hydrogen-bond acceptors (Lipinski definition) is 8. The van der Waals surface area contributed by atoms with Gasteiger partial charge in [-0.25, -0.2) is 19.9 Å². The van der Waals surface area contributed by atoms with Crippen molar-refractivity contribution in [1.82, 2.24) is 0 Å². The van der Waals surface area contributed by atoms with E-state index in [0.717, 1.165) is 5.75 Å². The van der Waals surface area contributed by atoms with Crippen LogP contribution in [0.4, 0.5) is 0 Å². The summed E-state index contributed by atoms with van der Waals surface area (Å²) in [6, 6.07) is 29.6. The minimum absolute atomic E-state index is 0. The van der Waals surface area contributed by atoms with E-state index in [1.807, 2.05) is 12.1 Å². The molecule has 46 heavy (non-hydrogen) atoms. The molecule has 3 aromatic rings. The molecule has 0 unspecified atom stereocenters. The molecule has 0 spiro atoms. The van der Waals surface area contributed by atoms with Gasteiger partial charge in [-0.2, -0.15) is 0 Å². The largest absolute Gasteiger partial charge is 0.497 e. The zero-order chi connectivity index (χ0) is 32.7. The van der Waals surface area contributed by atoms with E-state index in [0.29, 0.717) is 18.3 Å². The molecule has 0 aromatic heterocycles. The van der Waals surface area contributed by atoms with Crippen molar-refractivity contribution >= 4 is 8.07 Å². The van der Waals surface area contributed by atoms with Gasteiger partial charge in [0.25, 0.3) is 0 Å². The van der Waals surface area contributed by atoms with Gasteiger partial charge in [0.1, 0.15) is 5.75 Å². The topological polar surface area (TPSA) is 118 Å². The Morgan fingerprint density at radius 1 is 0.587 bits per heavy atom. The first-order chi connectivity index (χ1) is 19.7. The van der Waals surface area contributed by atoms with Crippen LogP contribution in [0.25, 0.3) is 0 Å². The van der Waals surface area contributed by atoms with E-state index in [1.54, 1.807) is 21.0 Å². The van der Waals surface area contributed by atoms with Crippen LogP contribution in [-0.4, -0.2) is 56.1 Å². The molecule has 0 radical (unpaired) electrons. The van der Waals surface area contributed by atoms with Crippen LogP contribution in [0.15, 0.2) is 84.9 Å². The van der Waals surface area contributed by atoms with Crippen LogP contribution in [0.3, 0.4) is 0 Å². The summed E-state index contributed by atoms with van der Waals surface area (Å²) >= 11 is 0. The fourth-order valence-corrected chi connectivity index (χ4v) is 2.97. The molecule has 274 valence electrons. The molecule has 0 aliphatic carbocycles. The number of methoxy groups -OCH3 is 1. The van der Waals surface area contributed by atoms with Crippen LogP contribution in [0.2, 0.25) is 24.7 Å². The van der Waals surface area contributed by atoms with E-state index >= 15 is 0 Å². The number of benzene rings is 3. The Hall–Kier alpha value is -1.28. The van der Waals surface area contributed by atoms with E-state index in [1.165, 1.54) is 16.7 Å². The van der Waals surface area contributed by atoms with Gasteiger partial charge in [-0.15, -0.1) is 0 Å². The fourth-order valence-electron chi connectivity index (χ4n) is 2.97. The molecular weight excluding hydrogens is 789 g/mol. The summed E-state index contributed by atoms with van der Waals surface area (Å²) in [6.07, 6.45) is 0. The van der Waals surface area contributed by atoms with Gasteiger partial charge in [0.05, 0.1) is 20.3 Å². The maximum atomic E-state index is 7.40. The van der Waals surface area contributed by atoms with E-state index in [4.69, 9.17) is 25.6 Å². The zero-order valence-corrected chi connectivity index (χ0v) is 33.9. The second kappa shape index (κ2) is 32.3. The van der Waals surface area contributed by atoms with Crippen molar-refractivity contribution in [2.45, 2.75) is 71.6 Å². The third-order valence-electron chi connectivity index (χ3n) is 6.94. The van der Waals surface area contributed by atoms with Crippen LogP contribution in [-0.2, 0) is 60.9 Å². The van der Waals surface area contributed by atoms with Gasteiger partial charge >= 0.3 is 0 Å². The molecule has 0 amide bonds. The Balaban J connectivity index is -0.000000140. The summed E-state index contributed by atoms with van der Waals surface area (Å²) in [6.45, 7) is 20.0. The van der Waals surface area contributed by atoms with Crippen molar-refractivity contribution in [3.63, 3.8) is 0 Å². The number of ether oxygens (including phenoxy) is 1. The second-order valence-corrected chi connectivity index (χ2v) is 17.2. The van der Waals surface area contributed by atoms with Crippen LogP contribution in [0, 0.1) is 14.9 Å². The molecule has 0 fully saturated rings. The molecule has 0 heterocycles. The Morgan fingerprint density at radius 2 is 0.848 bits per heavy atom. The average molecular weight is 850 g/mol. The first-order valence-electron chi connectivity index (χ1n) is 13.9. The van der Waals surface area contributed by atoms with E-state index < -0.39 is 14.9 Å². The van der Waals surface area contributed by atoms with Crippen molar-refractivity contribution in [1.29, 1.82) is 0 Å². The zero-order valence-electron chi connectivity index (χ0n) is 29.8. The molecule has 0 saturated carbocycles. The Kier molecular flexibility index (Phi) is 40.0. The SMILES string of the molecule is CC(C)(C)[Si](C)(C)C.CCOO.CCOO.COc1ccc(C(C)(c2ccccc2)c2ccccc2)cc1.OCOO.[CH3-].[CH3-].[Pd].[Pd]. The Morgan fingerprint density at radius 3 is 1.04 bits per heavy atom. The number of rotatable bonds is 7. The van der Waals surface area contributed by atoms with Crippen molar-refractivity contribution in [3.05, 3.63) is 116 Å². The second-order valence-electron chi connectivity index (χ2n) is 11.2. The number of hydrogen-bond donors (Lipinski definition) is 4. The first kappa shape index (κ1) is 57.0. The predicted molar refractivity (Wildman–Crippen MR) is 187 cm³/mol. The molecule has 8 nitrogen and oxygen atoms in total. The van der Waals surface area contributed by atoms with Gasteiger partial charge in [0.15, 0.2) is 6.79 Å². The smallest absolute Gasteiger partial charge is 0.177 e. The third-order valence-corrected chi connectivity index (χ3v) is 11.4. The van der Waals surface area contributed by atoms with Gasteiger partial charge < -0.3 is 24.7 Å². The van der Waals surface area contributed by atoms with Crippen LogP contribution < -0.4 is 4.74 Å². The molecule has 0 bridgehead atoms. The van der Waals surface area contributed by atoms with Gasteiger partial charge in [0.2, 0.25) is 0 Å². The number of aliphatic hydroxyl groups excluding tert-OH is 1. The molecule has 4 N–H and O–H groups in total. The predicted octanol–water partition coefficient (Wildman–Crippen LogP) is 9.49. The quantitative estimate of drug-likeness (QED) is 0.0464. The van der Waals surface area contributed by atoms with E-state index in [9.17, 15) is 0 Å². The van der Waals surface area contributed by atoms with Gasteiger partial charge in [-0.1, -0.05) is 113 Å². The Labute approximate surface area is 308 Å². The van der Waals surface area contributed by atoms with Crippen molar-refractivity contribution in [2.24, 2.45) is 0 Å². The summed E-state index contributed by atoms with van der Waals surface area (Å²) < 4.78 is 5.29. The minimum Gasteiger partial charge on any atom is -0.497 e. The van der Waals surface area contributed by atoms with E-state index in [2.05, 4.69) is 135 Å². The van der Waals surface area contributed by atoms with E-state index in [-0.39, 0.29) is 61.1 Å². The summed E-state index contributed by atoms with van der Waals surface area (Å²) in [5.74, 6) is 0.882. The van der Waals surface area contributed by atoms with Gasteiger partial charge in [-0.3, -0.25) is 10.5 Å². The molecule has 0 atom stereocenters. The minimum atomic E-state index is -0.859. The molecule has 0 aliphatic rings. The molecule has 0 aliphatic heterocycles. The van der Waals surface area contributed by atoms with Gasteiger partial charge in [-0.05, 0) is 54.6 Å². The summed E-state index contributed by atoms with van der Waals surface area (Å²) in [7, 11) is 0.838. The maximum Gasteiger partial charge on any atom is 0.177 e. The Bertz CT molecular complexity index is 948. The van der Waals surface area contributed by atoms with Crippen molar-refractivity contribution in [3.8, 4) is 5.75 Å². The van der Waals surface area contributed by atoms with Crippen LogP contribution in [0.5, 0.6) is 5.75 Å². The fraction of sp³-hybridized carbons (Fsp3) is 0.429. The molecular formula is C35H60O8Pd2Si-2. The van der Waals surface area contributed by atoms with Crippen molar-refractivity contribution in [2.75, 3.05) is 27.1 Å². The molecule has 11 heteroatoms. The standard InChI is InChI=1S/C21H20O.C7H18Si.2C2H6O2.CH4O3.2CH3.2Pd/c1-21(17-9-5-3-6-10-17,18-11-7-4-8-12-18)19-13-15-20(22-2)16-14-19;1-7(2,3)8(4,5)6;2*1-2-4-3;2-1-4-3;;;;/h3-16H,1-2H3;1-6H3;2*3H,2H2,1H3;2-3H,1H2;2*1H3;;/q;;;;;2*-1;;. The first-order valence-corrected chi connectivity index (χ1v) is 17.4. The van der Waals surface area contributed by atoms with Crippen LogP contribution in [0.1, 0.15) is 58.2 Å². The summed E-state index contributed by atoms with van der Waals surface area (Å²) in [5.41, 5.74) is 3.64. The molecule has 3 rings (SSSR count). The molecule has 3 aromatic carbocycles. The van der Waals surface area contributed by atoms with Crippen molar-refractivity contribution < 1.29 is 81.1 Å². The summed E-state index contributed by atoms with van der Waals surface area (Å²) in [5, 5.41) is 29.9. The van der Waals surface area contributed by atoms with Gasteiger partial charge in [0, 0.05) is 54.3 Å². The van der Waals surface area contributed by atoms with Crippen LogP contribution >= 0.6 is 0 Å². The third kappa shape index (κ3) is 23.1. The normalized spacial score (nSPS) is 9.78. The summed E-state index contributed by atoms with van der Waals surface area (Å²) in [4.78, 5) is 10.2. The monoisotopic (exact) mass is 848 g/mol.